The van der Waals surface area contributed by atoms with Gasteiger partial charge in [-0.15, -0.1) is 0 Å². The summed E-state index contributed by atoms with van der Waals surface area (Å²) in [4.78, 5) is 12.7. The zero-order valence-electron chi connectivity index (χ0n) is 11.7. The minimum absolute atomic E-state index is 0.110. The minimum atomic E-state index is -0.110. The van der Waals surface area contributed by atoms with E-state index in [-0.39, 0.29) is 11.7 Å². The maximum Gasteiger partial charge on any atom is 0.190 e. The van der Waals surface area contributed by atoms with Gasteiger partial charge < -0.3 is 0 Å². The summed E-state index contributed by atoms with van der Waals surface area (Å²) in [6, 6.07) is 11.8. The van der Waals surface area contributed by atoms with Gasteiger partial charge in [-0.2, -0.15) is 5.10 Å². The largest absolute Gasteiger partial charge is 0.292 e. The average molecular weight is 256 g/mol. The number of aryl methyl sites for hydroxylation is 1. The van der Waals surface area contributed by atoms with Crippen molar-refractivity contribution in [1.82, 2.24) is 9.78 Å². The standard InChI is InChI=1S/C16H20N2O/c1-4-12(2)15(13-8-6-5-7-9-13)16(19)14-10-11-18(3)17-14/h5-12,15H,4H2,1-3H3. The van der Waals surface area contributed by atoms with Crippen molar-refractivity contribution >= 4 is 5.78 Å². The summed E-state index contributed by atoms with van der Waals surface area (Å²) in [5.74, 6) is 0.305. The normalized spacial score (nSPS) is 14.1. The SMILES string of the molecule is CCC(C)C(C(=O)c1ccn(C)n1)c1ccccc1. The molecule has 0 N–H and O–H groups in total. The van der Waals surface area contributed by atoms with Gasteiger partial charge in [-0.3, -0.25) is 9.48 Å². The molecule has 0 amide bonds. The van der Waals surface area contributed by atoms with E-state index in [9.17, 15) is 4.79 Å². The Kier molecular flexibility index (Phi) is 4.15. The van der Waals surface area contributed by atoms with E-state index in [1.165, 1.54) is 0 Å². The van der Waals surface area contributed by atoms with Crippen LogP contribution in [0.5, 0.6) is 0 Å². The molecular formula is C16H20N2O. The molecule has 0 saturated carbocycles. The summed E-state index contributed by atoms with van der Waals surface area (Å²) in [5.41, 5.74) is 1.63. The molecule has 0 aliphatic rings. The number of carbonyl (C=O) groups excluding carboxylic acids is 1. The Labute approximate surface area is 114 Å². The molecule has 1 aromatic heterocycles. The molecule has 0 fully saturated rings. The van der Waals surface area contributed by atoms with Gasteiger partial charge in [0.1, 0.15) is 5.69 Å². The summed E-state index contributed by atoms with van der Waals surface area (Å²) >= 11 is 0. The van der Waals surface area contributed by atoms with E-state index in [4.69, 9.17) is 0 Å². The van der Waals surface area contributed by atoms with E-state index in [1.54, 1.807) is 10.7 Å². The van der Waals surface area contributed by atoms with Gasteiger partial charge in [-0.05, 0) is 17.5 Å². The van der Waals surface area contributed by atoms with Crippen LogP contribution in [0.15, 0.2) is 42.6 Å². The molecule has 2 atom stereocenters. The zero-order chi connectivity index (χ0) is 13.8. The Bertz CT molecular complexity index is 545. The molecule has 2 aromatic rings. The van der Waals surface area contributed by atoms with Gasteiger partial charge in [-0.1, -0.05) is 50.6 Å². The van der Waals surface area contributed by atoms with Crippen molar-refractivity contribution < 1.29 is 4.79 Å². The Hall–Kier alpha value is -1.90. The van der Waals surface area contributed by atoms with Crippen LogP contribution in [0.2, 0.25) is 0 Å². The Morgan fingerprint density at radius 2 is 1.95 bits per heavy atom. The number of ketones is 1. The lowest BCUT2D eigenvalue weighted by Crippen LogP contribution is -2.20. The molecule has 2 unspecified atom stereocenters. The first-order chi connectivity index (χ1) is 9.13. The van der Waals surface area contributed by atoms with Crippen LogP contribution in [0.3, 0.4) is 0 Å². The van der Waals surface area contributed by atoms with E-state index in [0.29, 0.717) is 11.6 Å². The highest BCUT2D eigenvalue weighted by Crippen LogP contribution is 2.30. The molecule has 1 heterocycles. The van der Waals surface area contributed by atoms with Gasteiger partial charge in [0.25, 0.3) is 0 Å². The molecule has 2 rings (SSSR count). The van der Waals surface area contributed by atoms with Gasteiger partial charge in [0.2, 0.25) is 0 Å². The molecule has 0 spiro atoms. The number of benzene rings is 1. The highest BCUT2D eigenvalue weighted by molar-refractivity contribution is 5.99. The number of carbonyl (C=O) groups is 1. The second-order valence-electron chi connectivity index (χ2n) is 5.01. The van der Waals surface area contributed by atoms with Crippen LogP contribution >= 0.6 is 0 Å². The molecule has 19 heavy (non-hydrogen) atoms. The third kappa shape index (κ3) is 2.92. The number of nitrogens with zero attached hydrogens (tertiary/aromatic N) is 2. The van der Waals surface area contributed by atoms with E-state index in [1.807, 2.05) is 43.6 Å². The summed E-state index contributed by atoms with van der Waals surface area (Å²) < 4.78 is 1.67. The van der Waals surface area contributed by atoms with Crippen molar-refractivity contribution in [3.63, 3.8) is 0 Å². The third-order valence-electron chi connectivity index (χ3n) is 3.62. The van der Waals surface area contributed by atoms with Gasteiger partial charge >= 0.3 is 0 Å². The summed E-state index contributed by atoms with van der Waals surface area (Å²) in [6.45, 7) is 4.24. The zero-order valence-corrected chi connectivity index (χ0v) is 11.7. The van der Waals surface area contributed by atoms with E-state index in [2.05, 4.69) is 18.9 Å². The van der Waals surface area contributed by atoms with Gasteiger partial charge in [0.15, 0.2) is 5.78 Å². The molecule has 0 bridgehead atoms. The number of Topliss-reactive ketones (excluding diaryl/α,β-unsaturated/α-hetero) is 1. The Balaban J connectivity index is 2.36. The molecule has 3 heteroatoms. The fraction of sp³-hybridized carbons (Fsp3) is 0.375. The second kappa shape index (κ2) is 5.83. The molecule has 1 aromatic carbocycles. The van der Waals surface area contributed by atoms with Crippen LogP contribution in [0.1, 0.15) is 42.2 Å². The predicted octanol–water partition coefficient (Wildman–Crippen LogP) is 3.43. The summed E-state index contributed by atoms with van der Waals surface area (Å²) in [5, 5.41) is 4.24. The molecule has 0 saturated heterocycles. The number of hydrogen-bond acceptors (Lipinski definition) is 2. The monoisotopic (exact) mass is 256 g/mol. The Morgan fingerprint density at radius 3 is 2.47 bits per heavy atom. The molecular weight excluding hydrogens is 236 g/mol. The molecule has 3 nitrogen and oxygen atoms in total. The van der Waals surface area contributed by atoms with Crippen LogP contribution in [0.4, 0.5) is 0 Å². The highest BCUT2D eigenvalue weighted by atomic mass is 16.1. The van der Waals surface area contributed by atoms with E-state index < -0.39 is 0 Å². The fourth-order valence-electron chi connectivity index (χ4n) is 2.34. The smallest absolute Gasteiger partial charge is 0.190 e. The lowest BCUT2D eigenvalue weighted by molar-refractivity contribution is 0.0926. The van der Waals surface area contributed by atoms with Crippen molar-refractivity contribution in [2.75, 3.05) is 0 Å². The van der Waals surface area contributed by atoms with Crippen LogP contribution in [-0.4, -0.2) is 15.6 Å². The van der Waals surface area contributed by atoms with Gasteiger partial charge in [0, 0.05) is 13.2 Å². The Morgan fingerprint density at radius 1 is 1.26 bits per heavy atom. The number of aromatic nitrogens is 2. The van der Waals surface area contributed by atoms with Crippen molar-refractivity contribution in [3.8, 4) is 0 Å². The topological polar surface area (TPSA) is 34.9 Å². The first-order valence-corrected chi connectivity index (χ1v) is 6.72. The molecule has 0 aliphatic heterocycles. The molecule has 100 valence electrons. The average Bonchev–Trinajstić information content (AvgIpc) is 2.86. The number of rotatable bonds is 5. The maximum absolute atomic E-state index is 12.7. The fourth-order valence-corrected chi connectivity index (χ4v) is 2.34. The molecule has 0 radical (unpaired) electrons. The van der Waals surface area contributed by atoms with E-state index in [0.717, 1.165) is 12.0 Å². The van der Waals surface area contributed by atoms with Crippen LogP contribution in [-0.2, 0) is 7.05 Å². The van der Waals surface area contributed by atoms with Crippen molar-refractivity contribution in [2.45, 2.75) is 26.2 Å². The van der Waals surface area contributed by atoms with Gasteiger partial charge in [-0.25, -0.2) is 0 Å². The first kappa shape index (κ1) is 13.5. The summed E-state index contributed by atoms with van der Waals surface area (Å²) in [7, 11) is 1.83. The van der Waals surface area contributed by atoms with Crippen LogP contribution < -0.4 is 0 Å². The number of hydrogen-bond donors (Lipinski definition) is 0. The van der Waals surface area contributed by atoms with Crippen molar-refractivity contribution in [1.29, 1.82) is 0 Å². The van der Waals surface area contributed by atoms with Crippen molar-refractivity contribution in [2.24, 2.45) is 13.0 Å². The van der Waals surface area contributed by atoms with E-state index >= 15 is 0 Å². The maximum atomic E-state index is 12.7. The quantitative estimate of drug-likeness (QED) is 0.768. The lowest BCUT2D eigenvalue weighted by Gasteiger charge is -2.21. The van der Waals surface area contributed by atoms with Crippen molar-refractivity contribution in [3.05, 3.63) is 53.9 Å². The second-order valence-corrected chi connectivity index (χ2v) is 5.01. The van der Waals surface area contributed by atoms with Crippen LogP contribution in [0, 0.1) is 5.92 Å². The highest BCUT2D eigenvalue weighted by Gasteiger charge is 2.28. The predicted molar refractivity (Wildman–Crippen MR) is 76.2 cm³/mol. The lowest BCUT2D eigenvalue weighted by atomic mass is 9.81. The third-order valence-corrected chi connectivity index (χ3v) is 3.62. The summed E-state index contributed by atoms with van der Waals surface area (Å²) in [6.07, 6.45) is 2.78. The van der Waals surface area contributed by atoms with Gasteiger partial charge in [0.05, 0.1) is 5.92 Å². The van der Waals surface area contributed by atoms with Crippen LogP contribution in [0.25, 0.3) is 0 Å². The first-order valence-electron chi connectivity index (χ1n) is 6.72. The molecule has 0 aliphatic carbocycles. The minimum Gasteiger partial charge on any atom is -0.292 e.